The van der Waals surface area contributed by atoms with E-state index in [0.717, 1.165) is 12.0 Å². The average molecular weight is 322 g/mol. The molecule has 24 heavy (non-hydrogen) atoms. The van der Waals surface area contributed by atoms with Gasteiger partial charge in [0.2, 0.25) is 0 Å². The van der Waals surface area contributed by atoms with E-state index in [4.69, 9.17) is 4.74 Å². The Balaban J connectivity index is 1.77. The molecule has 2 rings (SSSR count). The number of rotatable bonds is 7. The molecule has 0 saturated carbocycles. The lowest BCUT2D eigenvalue weighted by molar-refractivity contribution is -0.123. The van der Waals surface area contributed by atoms with E-state index in [0.29, 0.717) is 11.5 Å². The lowest BCUT2D eigenvalue weighted by atomic mass is 10.2. The van der Waals surface area contributed by atoms with Crippen molar-refractivity contribution in [3.63, 3.8) is 0 Å². The minimum atomic E-state index is -0.290. The zero-order valence-electron chi connectivity index (χ0n) is 14.0. The molecule has 0 saturated heterocycles. The number of aryl methyl sites for hydroxylation is 1. The van der Waals surface area contributed by atoms with Crippen LogP contribution < -0.4 is 10.2 Å². The summed E-state index contributed by atoms with van der Waals surface area (Å²) < 4.78 is 5.43. The van der Waals surface area contributed by atoms with Crippen LogP contribution in [0.25, 0.3) is 6.08 Å². The molecule has 0 bridgehead atoms. The Labute approximate surface area is 142 Å². The van der Waals surface area contributed by atoms with Crippen LogP contribution in [0.5, 0.6) is 5.75 Å². The molecule has 1 N–H and O–H groups in total. The first-order valence-electron chi connectivity index (χ1n) is 7.95. The molecular formula is C20H22N2O2. The maximum Gasteiger partial charge on any atom is 0.277 e. The number of hydrogen-bond donors (Lipinski definition) is 1. The molecule has 0 aliphatic heterocycles. The molecule has 0 atom stereocenters. The minimum Gasteiger partial charge on any atom is -0.484 e. The largest absolute Gasteiger partial charge is 0.484 e. The minimum absolute atomic E-state index is 0.0648. The van der Waals surface area contributed by atoms with Crippen LogP contribution in [0.15, 0.2) is 65.8 Å². The number of hydrazone groups is 1. The van der Waals surface area contributed by atoms with E-state index in [1.807, 2.05) is 73.7 Å². The summed E-state index contributed by atoms with van der Waals surface area (Å²) >= 11 is 0. The maximum atomic E-state index is 11.8. The van der Waals surface area contributed by atoms with Gasteiger partial charge in [-0.1, -0.05) is 55.5 Å². The van der Waals surface area contributed by atoms with Crippen molar-refractivity contribution >= 4 is 17.7 Å². The Morgan fingerprint density at radius 3 is 2.50 bits per heavy atom. The summed E-state index contributed by atoms with van der Waals surface area (Å²) in [5, 5.41) is 4.03. The smallest absolute Gasteiger partial charge is 0.277 e. The zero-order valence-corrected chi connectivity index (χ0v) is 14.0. The normalized spacial score (nSPS) is 11.5. The van der Waals surface area contributed by atoms with Crippen LogP contribution in [0.1, 0.15) is 25.0 Å². The van der Waals surface area contributed by atoms with Crippen molar-refractivity contribution in [3.8, 4) is 5.75 Å². The highest BCUT2D eigenvalue weighted by Gasteiger charge is 2.01. The van der Waals surface area contributed by atoms with Gasteiger partial charge in [-0.2, -0.15) is 5.10 Å². The van der Waals surface area contributed by atoms with Gasteiger partial charge in [0.1, 0.15) is 5.75 Å². The summed E-state index contributed by atoms with van der Waals surface area (Å²) in [6, 6.07) is 17.6. The van der Waals surface area contributed by atoms with Gasteiger partial charge in [0.05, 0.1) is 5.71 Å². The molecule has 2 aromatic carbocycles. The second-order valence-corrected chi connectivity index (χ2v) is 5.32. The molecule has 1 amide bonds. The van der Waals surface area contributed by atoms with E-state index >= 15 is 0 Å². The first-order chi connectivity index (χ1) is 11.7. The van der Waals surface area contributed by atoms with Crippen molar-refractivity contribution < 1.29 is 9.53 Å². The highest BCUT2D eigenvalue weighted by molar-refractivity contribution is 5.97. The lowest BCUT2D eigenvalue weighted by Gasteiger charge is -2.06. The summed E-state index contributed by atoms with van der Waals surface area (Å²) in [7, 11) is 0. The van der Waals surface area contributed by atoms with Crippen molar-refractivity contribution in [1.82, 2.24) is 5.43 Å². The summed E-state index contributed by atoms with van der Waals surface area (Å²) in [5.41, 5.74) is 5.51. The number of nitrogens with one attached hydrogen (secondary N) is 1. The van der Waals surface area contributed by atoms with Gasteiger partial charge in [-0.3, -0.25) is 4.79 Å². The van der Waals surface area contributed by atoms with Gasteiger partial charge in [-0.25, -0.2) is 5.43 Å². The van der Waals surface area contributed by atoms with E-state index in [1.54, 1.807) is 0 Å². The highest BCUT2D eigenvalue weighted by atomic mass is 16.5. The summed E-state index contributed by atoms with van der Waals surface area (Å²) in [5.74, 6) is 0.383. The number of allylic oxidation sites excluding steroid dienone is 1. The van der Waals surface area contributed by atoms with Gasteiger partial charge in [0, 0.05) is 0 Å². The van der Waals surface area contributed by atoms with E-state index < -0.39 is 0 Å². The van der Waals surface area contributed by atoms with Crippen LogP contribution in [-0.2, 0) is 11.2 Å². The van der Waals surface area contributed by atoms with Gasteiger partial charge in [0.25, 0.3) is 5.91 Å². The number of carbonyl (C=O) groups excluding carboxylic acids is 1. The number of carbonyl (C=O) groups is 1. The van der Waals surface area contributed by atoms with Crippen LogP contribution in [0.2, 0.25) is 0 Å². The molecule has 0 fully saturated rings. The van der Waals surface area contributed by atoms with Gasteiger partial charge < -0.3 is 4.74 Å². The predicted molar refractivity (Wildman–Crippen MR) is 98.0 cm³/mol. The molecule has 0 aliphatic rings. The van der Waals surface area contributed by atoms with Crippen LogP contribution in [0, 0.1) is 0 Å². The van der Waals surface area contributed by atoms with Crippen molar-refractivity contribution in [2.75, 3.05) is 6.61 Å². The van der Waals surface area contributed by atoms with Crippen molar-refractivity contribution in [1.29, 1.82) is 0 Å². The first kappa shape index (κ1) is 17.5. The molecule has 0 spiro atoms. The zero-order chi connectivity index (χ0) is 17.2. The van der Waals surface area contributed by atoms with Crippen molar-refractivity contribution in [3.05, 3.63) is 71.8 Å². The Morgan fingerprint density at radius 1 is 1.12 bits per heavy atom. The lowest BCUT2D eigenvalue weighted by Crippen LogP contribution is -2.25. The Morgan fingerprint density at radius 2 is 1.83 bits per heavy atom. The van der Waals surface area contributed by atoms with Gasteiger partial charge in [0.15, 0.2) is 6.61 Å². The predicted octanol–water partition coefficient (Wildman–Crippen LogP) is 3.83. The third-order valence-corrected chi connectivity index (χ3v) is 3.38. The number of amides is 1. The van der Waals surface area contributed by atoms with Crippen LogP contribution in [0.3, 0.4) is 0 Å². The number of hydrogen-bond acceptors (Lipinski definition) is 3. The average Bonchev–Trinajstić information content (AvgIpc) is 2.64. The van der Waals surface area contributed by atoms with Crippen molar-refractivity contribution in [2.24, 2.45) is 5.10 Å². The second kappa shape index (κ2) is 9.30. The van der Waals surface area contributed by atoms with Crippen LogP contribution in [0.4, 0.5) is 0 Å². The van der Waals surface area contributed by atoms with E-state index in [-0.39, 0.29) is 12.5 Å². The molecule has 4 nitrogen and oxygen atoms in total. The van der Waals surface area contributed by atoms with Gasteiger partial charge in [-0.05, 0) is 42.7 Å². The molecule has 0 radical (unpaired) electrons. The summed E-state index contributed by atoms with van der Waals surface area (Å²) in [4.78, 5) is 11.8. The fourth-order valence-corrected chi connectivity index (χ4v) is 1.97. The molecule has 0 unspecified atom stereocenters. The third kappa shape index (κ3) is 6.08. The summed E-state index contributed by atoms with van der Waals surface area (Å²) in [6.45, 7) is 3.85. The van der Waals surface area contributed by atoms with Crippen molar-refractivity contribution in [2.45, 2.75) is 20.3 Å². The second-order valence-electron chi connectivity index (χ2n) is 5.32. The number of nitrogens with zero attached hydrogens (tertiary/aromatic N) is 1. The highest BCUT2D eigenvalue weighted by Crippen LogP contribution is 2.12. The topological polar surface area (TPSA) is 50.7 Å². The van der Waals surface area contributed by atoms with Gasteiger partial charge in [-0.15, -0.1) is 0 Å². The monoisotopic (exact) mass is 322 g/mol. The van der Waals surface area contributed by atoms with E-state index in [1.165, 1.54) is 5.56 Å². The Hall–Kier alpha value is -2.88. The van der Waals surface area contributed by atoms with Crippen LogP contribution >= 0.6 is 0 Å². The fourth-order valence-electron chi connectivity index (χ4n) is 1.97. The third-order valence-electron chi connectivity index (χ3n) is 3.38. The maximum absolute atomic E-state index is 11.8. The molecule has 0 aromatic heterocycles. The quantitative estimate of drug-likeness (QED) is 0.622. The fraction of sp³-hybridized carbons (Fsp3) is 0.200. The van der Waals surface area contributed by atoms with E-state index in [2.05, 4.69) is 17.5 Å². The Bertz CT molecular complexity index is 704. The van der Waals surface area contributed by atoms with Crippen LogP contribution in [-0.4, -0.2) is 18.2 Å². The molecule has 2 aromatic rings. The Kier molecular flexibility index (Phi) is 6.77. The molecule has 4 heteroatoms. The van der Waals surface area contributed by atoms with E-state index in [9.17, 15) is 4.79 Å². The molecule has 0 aliphatic carbocycles. The molecule has 124 valence electrons. The SMILES string of the molecule is CCc1ccc(OCC(=O)NN=C(C)C=Cc2ccccc2)cc1. The summed E-state index contributed by atoms with van der Waals surface area (Å²) in [6.07, 6.45) is 4.77. The molecular weight excluding hydrogens is 300 g/mol. The molecule has 0 heterocycles. The number of benzene rings is 2. The van der Waals surface area contributed by atoms with Gasteiger partial charge >= 0.3 is 0 Å². The first-order valence-corrected chi connectivity index (χ1v) is 7.95. The standard InChI is InChI=1S/C20H22N2O2/c1-3-17-11-13-19(14-12-17)24-15-20(23)22-21-16(2)9-10-18-7-5-4-6-8-18/h4-14H,3,15H2,1-2H3,(H,22,23). The number of ether oxygens (including phenoxy) is 1.